The smallest absolute Gasteiger partial charge is 0.284 e. The zero-order valence-electron chi connectivity index (χ0n) is 12.6. The molecule has 2 rings (SSSR count). The molecule has 0 bridgehead atoms. The van der Waals surface area contributed by atoms with Gasteiger partial charge in [0.05, 0.1) is 6.21 Å². The Morgan fingerprint density at radius 1 is 1.22 bits per heavy atom. The van der Waals surface area contributed by atoms with E-state index < -0.39 is 5.91 Å². The van der Waals surface area contributed by atoms with Gasteiger partial charge in [0.2, 0.25) is 0 Å². The molecule has 2 aromatic carbocycles. The number of thiocarbonyl (C=S) groups is 1. The molecular weight excluding hydrogens is 310 g/mol. The summed E-state index contributed by atoms with van der Waals surface area (Å²) in [7, 11) is 0. The minimum atomic E-state index is -0.446. The molecule has 2 aromatic rings. The molecule has 1 amide bonds. The Balaban J connectivity index is 1.89. The Morgan fingerprint density at radius 3 is 2.57 bits per heavy atom. The quantitative estimate of drug-likeness (QED) is 0.459. The second kappa shape index (κ2) is 8.05. The number of phenols is 1. The summed E-state index contributed by atoms with van der Waals surface area (Å²) in [6.45, 7) is 2.06. The largest absolute Gasteiger partial charge is 0.507 e. The molecule has 3 N–H and O–H groups in total. The highest BCUT2D eigenvalue weighted by molar-refractivity contribution is 7.82. The van der Waals surface area contributed by atoms with E-state index in [9.17, 15) is 9.90 Å². The molecule has 0 aliphatic heterocycles. The fourth-order valence-electron chi connectivity index (χ4n) is 1.82. The van der Waals surface area contributed by atoms with Gasteiger partial charge in [-0.25, -0.2) is 0 Å². The van der Waals surface area contributed by atoms with Crippen LogP contribution in [0, 0.1) is 0 Å². The van der Waals surface area contributed by atoms with Crippen LogP contribution >= 0.6 is 12.2 Å². The molecule has 6 heteroatoms. The van der Waals surface area contributed by atoms with E-state index in [1.54, 1.807) is 24.3 Å². The van der Waals surface area contributed by atoms with E-state index >= 15 is 0 Å². The van der Waals surface area contributed by atoms with Crippen LogP contribution < -0.4 is 10.7 Å². The molecule has 0 aromatic heterocycles. The lowest BCUT2D eigenvalue weighted by atomic mass is 10.1. The number of carbonyl (C=O) groups excluding carboxylic acids is 1. The Kier molecular flexibility index (Phi) is 5.82. The molecule has 0 radical (unpaired) electrons. The van der Waals surface area contributed by atoms with Crippen molar-refractivity contribution in [3.8, 4) is 5.75 Å². The van der Waals surface area contributed by atoms with E-state index in [0.717, 1.165) is 6.42 Å². The predicted octanol–water partition coefficient (Wildman–Crippen LogP) is 2.84. The van der Waals surface area contributed by atoms with E-state index in [2.05, 4.69) is 22.8 Å². The second-order valence-electron chi connectivity index (χ2n) is 4.76. The fourth-order valence-corrected chi connectivity index (χ4v) is 1.92. The molecular formula is C17H17N3O2S. The van der Waals surface area contributed by atoms with Crippen LogP contribution in [0.15, 0.2) is 53.6 Å². The first-order valence-corrected chi connectivity index (χ1v) is 7.52. The van der Waals surface area contributed by atoms with Gasteiger partial charge in [0, 0.05) is 11.3 Å². The third kappa shape index (κ3) is 4.89. The number of aromatic hydroxyl groups is 1. The summed E-state index contributed by atoms with van der Waals surface area (Å²) >= 11 is 4.97. The lowest BCUT2D eigenvalue weighted by Crippen LogP contribution is -2.30. The second-order valence-corrected chi connectivity index (χ2v) is 5.17. The van der Waals surface area contributed by atoms with Crippen LogP contribution in [0.3, 0.4) is 0 Å². The summed E-state index contributed by atoms with van der Waals surface area (Å²) in [5, 5.41) is 16.1. The van der Waals surface area contributed by atoms with Crippen molar-refractivity contribution in [3.63, 3.8) is 0 Å². The number of hydrogen-bond acceptors (Lipinski definition) is 4. The van der Waals surface area contributed by atoms with E-state index in [1.807, 2.05) is 24.3 Å². The molecule has 5 nitrogen and oxygen atoms in total. The minimum Gasteiger partial charge on any atom is -0.507 e. The van der Waals surface area contributed by atoms with Crippen molar-refractivity contribution >= 4 is 35.0 Å². The SMILES string of the molecule is CCc1ccc(NC(=O)C(=S)N/N=C/c2ccccc2O)cc1. The maximum absolute atomic E-state index is 11.9. The van der Waals surface area contributed by atoms with Gasteiger partial charge in [0.1, 0.15) is 5.75 Å². The number of rotatable bonds is 4. The van der Waals surface area contributed by atoms with Crippen LogP contribution in [0.2, 0.25) is 0 Å². The molecule has 0 heterocycles. The van der Waals surface area contributed by atoms with Crippen LogP contribution in [0.25, 0.3) is 0 Å². The Labute approximate surface area is 140 Å². The number of benzene rings is 2. The van der Waals surface area contributed by atoms with Crippen molar-refractivity contribution in [3.05, 3.63) is 59.7 Å². The summed E-state index contributed by atoms with van der Waals surface area (Å²) in [6.07, 6.45) is 2.33. The molecule has 0 saturated carbocycles. The molecule has 23 heavy (non-hydrogen) atoms. The van der Waals surface area contributed by atoms with Crippen LogP contribution in [-0.2, 0) is 11.2 Å². The highest BCUT2D eigenvalue weighted by atomic mass is 32.1. The van der Waals surface area contributed by atoms with Crippen molar-refractivity contribution in [1.29, 1.82) is 0 Å². The molecule has 0 saturated heterocycles. The Hall–Kier alpha value is -2.73. The number of anilines is 1. The van der Waals surface area contributed by atoms with Gasteiger partial charge in [-0.3, -0.25) is 10.2 Å². The number of hydrazone groups is 1. The first kappa shape index (κ1) is 16.6. The first-order chi connectivity index (χ1) is 11.1. The van der Waals surface area contributed by atoms with Gasteiger partial charge in [-0.15, -0.1) is 0 Å². The number of para-hydroxylation sites is 1. The van der Waals surface area contributed by atoms with Gasteiger partial charge in [0.25, 0.3) is 5.91 Å². The number of hydrogen-bond donors (Lipinski definition) is 3. The number of amides is 1. The number of nitrogens with one attached hydrogen (secondary N) is 2. The standard InChI is InChI=1S/C17H17N3O2S/c1-2-12-7-9-14(10-8-12)19-16(22)17(23)20-18-11-13-5-3-4-6-15(13)21/h3-11,21H,2H2,1H3,(H,19,22)(H,20,23)/b18-11+. The van der Waals surface area contributed by atoms with Gasteiger partial charge in [-0.2, -0.15) is 5.10 Å². The molecule has 0 unspecified atom stereocenters. The normalized spacial score (nSPS) is 10.5. The molecule has 0 spiro atoms. The van der Waals surface area contributed by atoms with Gasteiger partial charge < -0.3 is 10.4 Å². The average molecular weight is 327 g/mol. The van der Waals surface area contributed by atoms with Crippen LogP contribution in [0.1, 0.15) is 18.1 Å². The van der Waals surface area contributed by atoms with Crippen molar-refractivity contribution in [2.24, 2.45) is 5.10 Å². The minimum absolute atomic E-state index is 0.0590. The van der Waals surface area contributed by atoms with Gasteiger partial charge in [-0.05, 0) is 36.2 Å². The topological polar surface area (TPSA) is 73.7 Å². The molecule has 0 atom stereocenters. The fraction of sp³-hybridized carbons (Fsp3) is 0.118. The summed E-state index contributed by atoms with van der Waals surface area (Å²) < 4.78 is 0. The first-order valence-electron chi connectivity index (χ1n) is 7.11. The van der Waals surface area contributed by atoms with Crippen molar-refractivity contribution in [1.82, 2.24) is 5.43 Å². The van der Waals surface area contributed by atoms with Gasteiger partial charge in [0.15, 0.2) is 4.99 Å². The monoisotopic (exact) mass is 327 g/mol. The molecule has 0 aliphatic rings. The Bertz CT molecular complexity index is 727. The third-order valence-electron chi connectivity index (χ3n) is 3.13. The van der Waals surface area contributed by atoms with Gasteiger partial charge >= 0.3 is 0 Å². The van der Waals surface area contributed by atoms with E-state index in [4.69, 9.17) is 12.2 Å². The van der Waals surface area contributed by atoms with Crippen molar-refractivity contribution in [2.75, 3.05) is 5.32 Å². The van der Waals surface area contributed by atoms with E-state index in [0.29, 0.717) is 11.3 Å². The zero-order valence-corrected chi connectivity index (χ0v) is 13.4. The van der Waals surface area contributed by atoms with Crippen LogP contribution in [0.4, 0.5) is 5.69 Å². The number of nitrogens with zero attached hydrogens (tertiary/aromatic N) is 1. The summed E-state index contributed by atoms with van der Waals surface area (Å²) in [5.41, 5.74) is 4.86. The van der Waals surface area contributed by atoms with Crippen molar-refractivity contribution < 1.29 is 9.90 Å². The summed E-state index contributed by atoms with van der Waals surface area (Å²) in [6, 6.07) is 14.3. The summed E-state index contributed by atoms with van der Waals surface area (Å²) in [4.78, 5) is 11.9. The molecule has 0 fully saturated rings. The number of phenolic OH excluding ortho intramolecular Hbond substituents is 1. The third-order valence-corrected chi connectivity index (χ3v) is 3.41. The maximum atomic E-state index is 11.9. The van der Waals surface area contributed by atoms with E-state index in [1.165, 1.54) is 11.8 Å². The van der Waals surface area contributed by atoms with Crippen LogP contribution in [-0.4, -0.2) is 22.2 Å². The lowest BCUT2D eigenvalue weighted by molar-refractivity contribution is -0.110. The number of carbonyl (C=O) groups is 1. The summed E-state index contributed by atoms with van der Waals surface area (Å²) in [5.74, 6) is -0.344. The highest BCUT2D eigenvalue weighted by Crippen LogP contribution is 2.12. The highest BCUT2D eigenvalue weighted by Gasteiger charge is 2.08. The predicted molar refractivity (Wildman–Crippen MR) is 95.9 cm³/mol. The van der Waals surface area contributed by atoms with Gasteiger partial charge in [-0.1, -0.05) is 43.4 Å². The zero-order chi connectivity index (χ0) is 16.7. The molecule has 0 aliphatic carbocycles. The Morgan fingerprint density at radius 2 is 1.91 bits per heavy atom. The molecule has 118 valence electrons. The average Bonchev–Trinajstić information content (AvgIpc) is 2.57. The lowest BCUT2D eigenvalue weighted by Gasteiger charge is -2.06. The van der Waals surface area contributed by atoms with Crippen LogP contribution in [0.5, 0.6) is 5.75 Å². The number of aryl methyl sites for hydroxylation is 1. The van der Waals surface area contributed by atoms with Crippen molar-refractivity contribution in [2.45, 2.75) is 13.3 Å². The maximum Gasteiger partial charge on any atom is 0.284 e. The van der Waals surface area contributed by atoms with E-state index in [-0.39, 0.29) is 10.7 Å².